The molecule has 0 N–H and O–H groups in total. The molecule has 3 aromatic heterocycles. The van der Waals surface area contributed by atoms with Gasteiger partial charge in [0, 0.05) is 28.3 Å². The summed E-state index contributed by atoms with van der Waals surface area (Å²) in [6.07, 6.45) is -0.185. The van der Waals surface area contributed by atoms with Crippen molar-refractivity contribution >= 4 is 43.8 Å². The first-order valence-corrected chi connectivity index (χ1v) is 7.27. The number of aryl methyl sites for hydroxylation is 2. The fraction of sp³-hybridized carbons (Fsp3) is 0.250. The van der Waals surface area contributed by atoms with Gasteiger partial charge in [-0.3, -0.25) is 9.20 Å². The molecule has 20 heavy (non-hydrogen) atoms. The normalized spacial score (nSPS) is 10.9. The molecule has 3 aromatic rings. The summed E-state index contributed by atoms with van der Waals surface area (Å²) in [6.45, 7) is 3.82. The van der Waals surface area contributed by atoms with Crippen molar-refractivity contribution in [3.05, 3.63) is 31.9 Å². The molecule has 3 rings (SSSR count). The predicted octanol–water partition coefficient (Wildman–Crippen LogP) is -2.12. The van der Waals surface area contributed by atoms with Crippen LogP contribution in [-0.2, 0) is 11.2 Å². The van der Waals surface area contributed by atoms with Crippen molar-refractivity contribution in [2.24, 2.45) is 0 Å². The van der Waals surface area contributed by atoms with E-state index >= 15 is 0 Å². The number of carbonyl (C=O) groups excluding carboxylic acids is 1. The van der Waals surface area contributed by atoms with Crippen LogP contribution in [0, 0.1) is 13.8 Å². The number of hydrogen-bond donors (Lipinski definition) is 0. The summed E-state index contributed by atoms with van der Waals surface area (Å²) in [5.74, 6) is -1.14. The number of nitrogens with zero attached hydrogens (tertiary/aromatic N) is 2. The molecule has 0 aliphatic carbocycles. The Kier molecular flexibility index (Phi) is 4.85. The number of carboxylic acids is 1. The van der Waals surface area contributed by atoms with Gasteiger partial charge >= 0.3 is 51.4 Å². The standard InChI is InChI=1S/C12H10N2O3S2.K/c1-5-6(2)19-11-9(5)10(17)13-12-14(11)7(4-18-12)3-8(15)16;/h4H,3H2,1-2H3,(H,15,16);/q;+1/p-1. The number of rotatable bonds is 2. The zero-order valence-electron chi connectivity index (χ0n) is 11.2. The summed E-state index contributed by atoms with van der Waals surface area (Å²) in [4.78, 5) is 29.2. The maximum absolute atomic E-state index is 12.0. The van der Waals surface area contributed by atoms with Crippen molar-refractivity contribution in [3.8, 4) is 0 Å². The van der Waals surface area contributed by atoms with Gasteiger partial charge < -0.3 is 9.90 Å². The molecule has 0 saturated carbocycles. The Bertz CT molecular complexity index is 878. The first kappa shape index (κ1) is 16.3. The second kappa shape index (κ2) is 5.95. The quantitative estimate of drug-likeness (QED) is 0.503. The smallest absolute Gasteiger partial charge is 0.550 e. The van der Waals surface area contributed by atoms with Crippen LogP contribution in [0.15, 0.2) is 10.2 Å². The van der Waals surface area contributed by atoms with Crippen molar-refractivity contribution in [1.82, 2.24) is 9.38 Å². The van der Waals surface area contributed by atoms with Gasteiger partial charge in [-0.2, -0.15) is 4.98 Å². The van der Waals surface area contributed by atoms with Gasteiger partial charge in [0.1, 0.15) is 4.83 Å². The fourth-order valence-electron chi connectivity index (χ4n) is 2.07. The van der Waals surface area contributed by atoms with Crippen LogP contribution < -0.4 is 62.1 Å². The van der Waals surface area contributed by atoms with Crippen LogP contribution in [0.3, 0.4) is 0 Å². The van der Waals surface area contributed by atoms with E-state index in [1.54, 1.807) is 9.78 Å². The number of fused-ring (bicyclic) bond motifs is 3. The van der Waals surface area contributed by atoms with E-state index < -0.39 is 5.97 Å². The van der Waals surface area contributed by atoms with E-state index in [4.69, 9.17) is 0 Å². The largest absolute Gasteiger partial charge is 1.00 e. The van der Waals surface area contributed by atoms with E-state index in [1.165, 1.54) is 22.7 Å². The van der Waals surface area contributed by atoms with Crippen molar-refractivity contribution < 1.29 is 61.3 Å². The number of carboxylic acid groups (broad SMARTS) is 1. The second-order valence-electron chi connectivity index (χ2n) is 4.27. The van der Waals surface area contributed by atoms with E-state index in [-0.39, 0.29) is 63.4 Å². The molecule has 0 bridgehead atoms. The first-order chi connectivity index (χ1) is 8.99. The van der Waals surface area contributed by atoms with Gasteiger partial charge in [-0.1, -0.05) is 0 Å². The average molecular weight is 332 g/mol. The minimum atomic E-state index is -1.14. The van der Waals surface area contributed by atoms with Crippen LogP contribution in [0.5, 0.6) is 0 Å². The molecule has 0 aromatic carbocycles. The van der Waals surface area contributed by atoms with Gasteiger partial charge in [-0.15, -0.1) is 22.7 Å². The Morgan fingerprint density at radius 3 is 2.80 bits per heavy atom. The summed E-state index contributed by atoms with van der Waals surface area (Å²) in [5.41, 5.74) is 1.26. The summed E-state index contributed by atoms with van der Waals surface area (Å²) in [7, 11) is 0. The molecule has 98 valence electrons. The first-order valence-electron chi connectivity index (χ1n) is 5.57. The Hall–Kier alpha value is -0.0936. The molecule has 3 heterocycles. The SMILES string of the molecule is Cc1sc2c(c1C)c(=O)nc1scc(CC(=O)[O-])n12.[K+]. The number of hydrogen-bond acceptors (Lipinski definition) is 6. The summed E-state index contributed by atoms with van der Waals surface area (Å²) in [5, 5.41) is 13.1. The summed E-state index contributed by atoms with van der Waals surface area (Å²) < 4.78 is 1.75. The maximum Gasteiger partial charge on any atom is 1.00 e. The van der Waals surface area contributed by atoms with Gasteiger partial charge in [0.05, 0.1) is 5.39 Å². The van der Waals surface area contributed by atoms with Crippen LogP contribution in [-0.4, -0.2) is 15.4 Å². The van der Waals surface area contributed by atoms with Crippen LogP contribution in [0.25, 0.3) is 15.2 Å². The van der Waals surface area contributed by atoms with Gasteiger partial charge in [0.2, 0.25) is 0 Å². The zero-order valence-corrected chi connectivity index (χ0v) is 16.0. The van der Waals surface area contributed by atoms with Crippen LogP contribution in [0.4, 0.5) is 0 Å². The molecule has 0 spiro atoms. The van der Waals surface area contributed by atoms with Crippen LogP contribution in [0.1, 0.15) is 16.1 Å². The topological polar surface area (TPSA) is 74.5 Å². The number of aliphatic carboxylic acids is 1. The number of carbonyl (C=O) groups is 1. The monoisotopic (exact) mass is 332 g/mol. The molecule has 0 aliphatic rings. The van der Waals surface area contributed by atoms with Crippen molar-refractivity contribution in [1.29, 1.82) is 0 Å². The molecular weight excluding hydrogens is 323 g/mol. The zero-order chi connectivity index (χ0) is 13.7. The molecular formula is C12H9KN2O3S2. The Morgan fingerprint density at radius 2 is 2.15 bits per heavy atom. The van der Waals surface area contributed by atoms with E-state index in [1.807, 2.05) is 13.8 Å². The van der Waals surface area contributed by atoms with E-state index in [2.05, 4.69) is 4.98 Å². The summed E-state index contributed by atoms with van der Waals surface area (Å²) >= 11 is 2.75. The van der Waals surface area contributed by atoms with E-state index in [9.17, 15) is 14.7 Å². The van der Waals surface area contributed by atoms with E-state index in [0.29, 0.717) is 16.0 Å². The summed E-state index contributed by atoms with van der Waals surface area (Å²) in [6, 6.07) is 0. The molecule has 0 saturated heterocycles. The number of aromatic nitrogens is 2. The number of thiazole rings is 1. The van der Waals surface area contributed by atoms with Gasteiger partial charge in [-0.25, -0.2) is 0 Å². The molecule has 0 atom stereocenters. The molecule has 0 radical (unpaired) electrons. The molecule has 8 heteroatoms. The van der Waals surface area contributed by atoms with Crippen LogP contribution in [0.2, 0.25) is 0 Å². The van der Waals surface area contributed by atoms with E-state index in [0.717, 1.165) is 15.3 Å². The van der Waals surface area contributed by atoms with Crippen LogP contribution >= 0.6 is 22.7 Å². The minimum Gasteiger partial charge on any atom is -0.550 e. The maximum atomic E-state index is 12.0. The average Bonchev–Trinajstić information content (AvgIpc) is 2.82. The van der Waals surface area contributed by atoms with Gasteiger partial charge in [0.15, 0.2) is 4.96 Å². The Balaban J connectivity index is 0.00000147. The van der Waals surface area contributed by atoms with Crippen molar-refractivity contribution in [2.45, 2.75) is 20.3 Å². The molecule has 0 fully saturated rings. The Morgan fingerprint density at radius 1 is 1.45 bits per heavy atom. The number of thiophene rings is 1. The van der Waals surface area contributed by atoms with Crippen molar-refractivity contribution in [2.75, 3.05) is 0 Å². The second-order valence-corrected chi connectivity index (χ2v) is 6.31. The van der Waals surface area contributed by atoms with Gasteiger partial charge in [0.25, 0.3) is 5.56 Å². The third-order valence-corrected chi connectivity index (χ3v) is 5.15. The molecule has 0 unspecified atom stereocenters. The molecule has 0 aliphatic heterocycles. The fourth-order valence-corrected chi connectivity index (χ4v) is 4.19. The molecule has 5 nitrogen and oxygen atoms in total. The minimum absolute atomic E-state index is 0. The molecule has 0 amide bonds. The third-order valence-electron chi connectivity index (χ3n) is 3.09. The third kappa shape index (κ3) is 2.54. The van der Waals surface area contributed by atoms with Crippen molar-refractivity contribution in [3.63, 3.8) is 0 Å². The Labute approximate surface area is 164 Å². The predicted molar refractivity (Wildman–Crippen MR) is 72.9 cm³/mol. The van der Waals surface area contributed by atoms with Gasteiger partial charge in [-0.05, 0) is 19.4 Å².